The molecule has 0 aliphatic heterocycles. The van der Waals surface area contributed by atoms with Gasteiger partial charge in [0.05, 0.1) is 0 Å². The lowest BCUT2D eigenvalue weighted by atomic mass is 10.2. The number of thiocarbonyl (C=S) groups is 1. The summed E-state index contributed by atoms with van der Waals surface area (Å²) in [5.41, 5.74) is 4.68. The van der Waals surface area contributed by atoms with Gasteiger partial charge in [0, 0.05) is 32.9 Å². The summed E-state index contributed by atoms with van der Waals surface area (Å²) < 4.78 is 5.82. The van der Waals surface area contributed by atoms with E-state index in [0.717, 1.165) is 16.9 Å². The van der Waals surface area contributed by atoms with Crippen molar-refractivity contribution in [3.63, 3.8) is 0 Å². The van der Waals surface area contributed by atoms with Crippen LogP contribution in [-0.4, -0.2) is 19.2 Å². The predicted molar refractivity (Wildman–Crippen MR) is 124 cm³/mol. The van der Waals surface area contributed by atoms with Crippen LogP contribution in [0.5, 0.6) is 5.75 Å². The van der Waals surface area contributed by atoms with Crippen LogP contribution in [0.15, 0.2) is 78.9 Å². The Hall–Kier alpha value is -3.05. The van der Waals surface area contributed by atoms with Gasteiger partial charge < -0.3 is 20.3 Å². The van der Waals surface area contributed by atoms with Crippen molar-refractivity contribution in [1.82, 2.24) is 10.6 Å². The highest BCUT2D eigenvalue weighted by Crippen LogP contribution is 2.15. The maximum atomic E-state index is 5.82. The average molecular weight is 406 g/mol. The van der Waals surface area contributed by atoms with Crippen molar-refractivity contribution in [1.29, 1.82) is 0 Å². The Bertz CT molecular complexity index is 911. The van der Waals surface area contributed by atoms with Gasteiger partial charge in [0.25, 0.3) is 0 Å². The SMILES string of the molecule is CN(C)c1cccc(CNC(=S)NCc2ccc(OCc3ccccc3)cc2)c1. The van der Waals surface area contributed by atoms with E-state index < -0.39 is 0 Å². The van der Waals surface area contributed by atoms with E-state index in [2.05, 4.69) is 64.1 Å². The van der Waals surface area contributed by atoms with E-state index in [9.17, 15) is 0 Å². The Morgan fingerprint density at radius 1 is 0.793 bits per heavy atom. The maximum Gasteiger partial charge on any atom is 0.166 e. The topological polar surface area (TPSA) is 36.5 Å². The number of nitrogens with one attached hydrogen (secondary N) is 2. The minimum Gasteiger partial charge on any atom is -0.489 e. The van der Waals surface area contributed by atoms with E-state index in [1.54, 1.807) is 0 Å². The lowest BCUT2D eigenvalue weighted by molar-refractivity contribution is 0.306. The second-order valence-corrected chi connectivity index (χ2v) is 7.43. The van der Waals surface area contributed by atoms with E-state index in [1.165, 1.54) is 11.3 Å². The molecule has 29 heavy (non-hydrogen) atoms. The standard InChI is InChI=1S/C24H27N3OS/c1-27(2)22-10-6-9-21(15-22)17-26-24(29)25-16-19-11-13-23(14-12-19)28-18-20-7-4-3-5-8-20/h3-15H,16-18H2,1-2H3,(H2,25,26,29). The van der Waals surface area contributed by atoms with E-state index in [4.69, 9.17) is 17.0 Å². The molecule has 3 aromatic carbocycles. The number of rotatable bonds is 8. The third-order valence-electron chi connectivity index (χ3n) is 4.50. The summed E-state index contributed by atoms with van der Waals surface area (Å²) in [4.78, 5) is 2.09. The van der Waals surface area contributed by atoms with Crippen LogP contribution in [0, 0.1) is 0 Å². The Labute approximate surface area is 178 Å². The van der Waals surface area contributed by atoms with E-state index in [0.29, 0.717) is 24.8 Å². The molecule has 0 saturated carbocycles. The highest BCUT2D eigenvalue weighted by molar-refractivity contribution is 7.80. The fourth-order valence-electron chi connectivity index (χ4n) is 2.82. The van der Waals surface area contributed by atoms with Crippen molar-refractivity contribution in [2.24, 2.45) is 0 Å². The second kappa shape index (κ2) is 10.5. The van der Waals surface area contributed by atoms with Crippen LogP contribution in [0.25, 0.3) is 0 Å². The van der Waals surface area contributed by atoms with Gasteiger partial charge >= 0.3 is 0 Å². The van der Waals surface area contributed by atoms with E-state index in [-0.39, 0.29) is 0 Å². The fraction of sp³-hybridized carbons (Fsp3) is 0.208. The summed E-state index contributed by atoms with van der Waals surface area (Å²) >= 11 is 5.40. The molecule has 3 rings (SSSR count). The number of hydrogen-bond donors (Lipinski definition) is 2. The predicted octanol–water partition coefficient (Wildman–Crippen LogP) is 4.50. The van der Waals surface area contributed by atoms with Crippen LogP contribution in [0.1, 0.15) is 16.7 Å². The quantitative estimate of drug-likeness (QED) is 0.540. The highest BCUT2D eigenvalue weighted by Gasteiger charge is 2.01. The lowest BCUT2D eigenvalue weighted by Gasteiger charge is -2.15. The zero-order valence-electron chi connectivity index (χ0n) is 16.9. The summed E-state index contributed by atoms with van der Waals surface area (Å²) in [5, 5.41) is 7.16. The number of nitrogens with zero attached hydrogens (tertiary/aromatic N) is 1. The molecule has 0 bridgehead atoms. The molecule has 4 nitrogen and oxygen atoms in total. The molecule has 0 spiro atoms. The summed E-state index contributed by atoms with van der Waals surface area (Å²) in [7, 11) is 4.08. The Morgan fingerprint density at radius 2 is 1.45 bits per heavy atom. The van der Waals surface area contributed by atoms with Crippen LogP contribution in [0.4, 0.5) is 5.69 Å². The van der Waals surface area contributed by atoms with Gasteiger partial charge in [0.15, 0.2) is 5.11 Å². The third kappa shape index (κ3) is 6.80. The molecule has 0 fully saturated rings. The first kappa shape index (κ1) is 20.7. The fourth-order valence-corrected chi connectivity index (χ4v) is 2.96. The molecule has 0 amide bonds. The van der Waals surface area contributed by atoms with E-state index >= 15 is 0 Å². The minimum atomic E-state index is 0.571. The van der Waals surface area contributed by atoms with Gasteiger partial charge in [0.1, 0.15) is 12.4 Å². The first-order valence-corrected chi connectivity index (χ1v) is 10.0. The smallest absolute Gasteiger partial charge is 0.166 e. The molecule has 0 aliphatic rings. The lowest BCUT2D eigenvalue weighted by Crippen LogP contribution is -2.34. The number of hydrogen-bond acceptors (Lipinski definition) is 3. The number of ether oxygens (including phenoxy) is 1. The third-order valence-corrected chi connectivity index (χ3v) is 4.79. The van der Waals surface area contributed by atoms with Crippen molar-refractivity contribution in [2.75, 3.05) is 19.0 Å². The van der Waals surface area contributed by atoms with Crippen molar-refractivity contribution >= 4 is 23.0 Å². The van der Waals surface area contributed by atoms with Gasteiger partial charge in [-0.2, -0.15) is 0 Å². The van der Waals surface area contributed by atoms with E-state index in [1.807, 2.05) is 44.4 Å². The number of anilines is 1. The van der Waals surface area contributed by atoms with Crippen molar-refractivity contribution in [2.45, 2.75) is 19.7 Å². The van der Waals surface area contributed by atoms with Gasteiger partial charge in [-0.3, -0.25) is 0 Å². The van der Waals surface area contributed by atoms with Gasteiger partial charge in [-0.1, -0.05) is 54.6 Å². The number of benzene rings is 3. The summed E-state index contributed by atoms with van der Waals surface area (Å²) in [6.45, 7) is 1.93. The summed E-state index contributed by atoms with van der Waals surface area (Å²) in [6.07, 6.45) is 0. The average Bonchev–Trinajstić information content (AvgIpc) is 2.76. The molecular formula is C24H27N3OS. The monoisotopic (exact) mass is 405 g/mol. The molecule has 0 aromatic heterocycles. The molecule has 0 unspecified atom stereocenters. The zero-order chi connectivity index (χ0) is 20.5. The van der Waals surface area contributed by atoms with Crippen molar-refractivity contribution in [3.8, 4) is 5.75 Å². The van der Waals surface area contributed by atoms with Crippen molar-refractivity contribution in [3.05, 3.63) is 95.6 Å². The molecule has 0 aliphatic carbocycles. The van der Waals surface area contributed by atoms with Crippen molar-refractivity contribution < 1.29 is 4.74 Å². The second-order valence-electron chi connectivity index (χ2n) is 7.02. The Balaban J connectivity index is 1.41. The minimum absolute atomic E-state index is 0.571. The normalized spacial score (nSPS) is 10.3. The van der Waals surface area contributed by atoms with Gasteiger partial charge in [-0.15, -0.1) is 0 Å². The van der Waals surface area contributed by atoms with Crippen LogP contribution < -0.4 is 20.3 Å². The summed E-state index contributed by atoms with van der Waals surface area (Å²) in [6, 6.07) is 26.6. The Morgan fingerprint density at radius 3 is 2.14 bits per heavy atom. The molecule has 150 valence electrons. The van der Waals surface area contributed by atoms with Crippen LogP contribution >= 0.6 is 12.2 Å². The molecule has 5 heteroatoms. The molecule has 3 aromatic rings. The molecule has 0 saturated heterocycles. The van der Waals surface area contributed by atoms with Crippen LogP contribution in [0.3, 0.4) is 0 Å². The molecule has 0 atom stereocenters. The Kier molecular flexibility index (Phi) is 7.47. The highest BCUT2D eigenvalue weighted by atomic mass is 32.1. The van der Waals surface area contributed by atoms with Crippen LogP contribution in [-0.2, 0) is 19.7 Å². The van der Waals surface area contributed by atoms with Gasteiger partial charge in [-0.05, 0) is 53.2 Å². The summed E-state index contributed by atoms with van der Waals surface area (Å²) in [5.74, 6) is 0.860. The molecular weight excluding hydrogens is 378 g/mol. The van der Waals surface area contributed by atoms with Gasteiger partial charge in [0.2, 0.25) is 0 Å². The first-order valence-electron chi connectivity index (χ1n) is 9.64. The maximum absolute atomic E-state index is 5.82. The first-order chi connectivity index (χ1) is 14.1. The largest absolute Gasteiger partial charge is 0.489 e. The van der Waals surface area contributed by atoms with Gasteiger partial charge in [-0.25, -0.2) is 0 Å². The molecule has 0 radical (unpaired) electrons. The molecule has 0 heterocycles. The zero-order valence-corrected chi connectivity index (χ0v) is 17.7. The molecule has 2 N–H and O–H groups in total. The van der Waals surface area contributed by atoms with Crippen LogP contribution in [0.2, 0.25) is 0 Å².